The number of hydrogen-bond acceptors (Lipinski definition) is 2. The Hall–Kier alpha value is -0.520. The molecule has 0 aromatic heterocycles. The van der Waals surface area contributed by atoms with E-state index >= 15 is 0 Å². The molecule has 0 amide bonds. The first-order valence-electron chi connectivity index (χ1n) is 4.66. The van der Waals surface area contributed by atoms with Crippen LogP contribution in [0.2, 0.25) is 0 Å². The normalized spacial score (nSPS) is 9.71. The third kappa shape index (κ3) is 4.13. The first kappa shape index (κ1) is 11.6. The SMILES string of the molecule is C#Cc1ccc(CSSCCC)cc1. The van der Waals surface area contributed by atoms with Gasteiger partial charge in [0.05, 0.1) is 0 Å². The predicted octanol–water partition coefficient (Wildman–Crippen LogP) is 3.96. The fourth-order valence-corrected chi connectivity index (χ4v) is 3.16. The van der Waals surface area contributed by atoms with Crippen molar-refractivity contribution in [3.8, 4) is 12.3 Å². The lowest BCUT2D eigenvalue weighted by atomic mass is 10.2. The molecule has 0 N–H and O–H groups in total. The van der Waals surface area contributed by atoms with Crippen molar-refractivity contribution >= 4 is 21.6 Å². The van der Waals surface area contributed by atoms with E-state index < -0.39 is 0 Å². The molecule has 0 radical (unpaired) electrons. The van der Waals surface area contributed by atoms with Gasteiger partial charge in [0.25, 0.3) is 0 Å². The molecule has 0 nitrogen and oxygen atoms in total. The summed E-state index contributed by atoms with van der Waals surface area (Å²) in [5.41, 5.74) is 2.30. The molecule has 1 aromatic rings. The summed E-state index contributed by atoms with van der Waals surface area (Å²) in [4.78, 5) is 0. The molecule has 0 spiro atoms. The Labute approximate surface area is 94.3 Å². The topological polar surface area (TPSA) is 0 Å². The van der Waals surface area contributed by atoms with Gasteiger partial charge in [0.1, 0.15) is 0 Å². The second-order valence-corrected chi connectivity index (χ2v) is 5.51. The highest BCUT2D eigenvalue weighted by Gasteiger charge is 1.93. The molecular weight excluding hydrogens is 208 g/mol. The van der Waals surface area contributed by atoms with Gasteiger partial charge in [0.15, 0.2) is 0 Å². The van der Waals surface area contributed by atoms with E-state index in [1.807, 2.05) is 33.7 Å². The molecule has 0 unspecified atom stereocenters. The monoisotopic (exact) mass is 222 g/mol. The fourth-order valence-electron chi connectivity index (χ4n) is 0.949. The Balaban J connectivity index is 2.33. The molecule has 0 fully saturated rings. The summed E-state index contributed by atoms with van der Waals surface area (Å²) in [5, 5.41) is 0. The van der Waals surface area contributed by atoms with Crippen molar-refractivity contribution in [3.63, 3.8) is 0 Å². The Morgan fingerprint density at radius 1 is 1.21 bits per heavy atom. The van der Waals surface area contributed by atoms with Crippen LogP contribution in [0.5, 0.6) is 0 Å². The first-order valence-corrected chi connectivity index (χ1v) is 7.15. The second kappa shape index (κ2) is 6.86. The van der Waals surface area contributed by atoms with E-state index in [-0.39, 0.29) is 0 Å². The maximum absolute atomic E-state index is 5.28. The summed E-state index contributed by atoms with van der Waals surface area (Å²) in [5.74, 6) is 4.91. The molecule has 0 heterocycles. The van der Waals surface area contributed by atoms with E-state index in [2.05, 4.69) is 25.0 Å². The van der Waals surface area contributed by atoms with Crippen LogP contribution in [0.15, 0.2) is 24.3 Å². The summed E-state index contributed by atoms with van der Waals surface area (Å²) in [6.07, 6.45) is 6.52. The molecule has 0 saturated heterocycles. The van der Waals surface area contributed by atoms with Gasteiger partial charge in [-0.15, -0.1) is 6.42 Å². The molecule has 74 valence electrons. The minimum atomic E-state index is 0.958. The summed E-state index contributed by atoms with van der Waals surface area (Å²) in [6.45, 7) is 2.20. The van der Waals surface area contributed by atoms with Gasteiger partial charge in [-0.3, -0.25) is 0 Å². The maximum atomic E-state index is 5.28. The molecule has 0 aliphatic rings. The summed E-state index contributed by atoms with van der Waals surface area (Å²) in [6, 6.07) is 8.21. The Morgan fingerprint density at radius 2 is 1.93 bits per heavy atom. The van der Waals surface area contributed by atoms with Gasteiger partial charge in [-0.1, -0.05) is 46.6 Å². The van der Waals surface area contributed by atoms with E-state index in [0.717, 1.165) is 11.3 Å². The third-order valence-electron chi connectivity index (χ3n) is 1.72. The quantitative estimate of drug-likeness (QED) is 0.420. The highest BCUT2D eigenvalue weighted by atomic mass is 33.1. The van der Waals surface area contributed by atoms with Crippen LogP contribution in [0, 0.1) is 12.3 Å². The van der Waals surface area contributed by atoms with Crippen molar-refractivity contribution < 1.29 is 0 Å². The van der Waals surface area contributed by atoms with Gasteiger partial charge in [0.2, 0.25) is 0 Å². The molecule has 14 heavy (non-hydrogen) atoms. The lowest BCUT2D eigenvalue weighted by Gasteiger charge is -2.00. The lowest BCUT2D eigenvalue weighted by molar-refractivity contribution is 1.11. The summed E-state index contributed by atoms with van der Waals surface area (Å²) < 4.78 is 0. The van der Waals surface area contributed by atoms with Crippen LogP contribution in [-0.4, -0.2) is 5.75 Å². The minimum absolute atomic E-state index is 0.958. The second-order valence-electron chi connectivity index (χ2n) is 2.93. The van der Waals surface area contributed by atoms with Crippen LogP contribution < -0.4 is 0 Å². The largest absolute Gasteiger partial charge is 0.115 e. The van der Waals surface area contributed by atoms with Crippen LogP contribution in [0.1, 0.15) is 24.5 Å². The van der Waals surface area contributed by atoms with Gasteiger partial charge in [-0.2, -0.15) is 0 Å². The van der Waals surface area contributed by atoms with E-state index in [4.69, 9.17) is 6.42 Å². The number of benzene rings is 1. The van der Waals surface area contributed by atoms with Crippen LogP contribution in [0.3, 0.4) is 0 Å². The molecule has 2 heteroatoms. The van der Waals surface area contributed by atoms with Crippen LogP contribution in [0.25, 0.3) is 0 Å². The van der Waals surface area contributed by atoms with Gasteiger partial charge in [0, 0.05) is 17.1 Å². The Morgan fingerprint density at radius 3 is 2.50 bits per heavy atom. The highest BCUT2D eigenvalue weighted by Crippen LogP contribution is 2.26. The van der Waals surface area contributed by atoms with Crippen molar-refractivity contribution in [2.24, 2.45) is 0 Å². The van der Waals surface area contributed by atoms with Crippen LogP contribution >= 0.6 is 21.6 Å². The van der Waals surface area contributed by atoms with Crippen molar-refractivity contribution in [1.82, 2.24) is 0 Å². The van der Waals surface area contributed by atoms with Crippen molar-refractivity contribution in [3.05, 3.63) is 35.4 Å². The van der Waals surface area contributed by atoms with E-state index in [0.29, 0.717) is 0 Å². The number of hydrogen-bond donors (Lipinski definition) is 0. The zero-order valence-electron chi connectivity index (χ0n) is 8.32. The summed E-state index contributed by atoms with van der Waals surface area (Å²) in [7, 11) is 3.84. The van der Waals surface area contributed by atoms with Gasteiger partial charge >= 0.3 is 0 Å². The maximum Gasteiger partial charge on any atom is 0.0288 e. The molecule has 0 atom stereocenters. The van der Waals surface area contributed by atoms with Crippen molar-refractivity contribution in [2.75, 3.05) is 5.75 Å². The van der Waals surface area contributed by atoms with Gasteiger partial charge in [-0.25, -0.2) is 0 Å². The van der Waals surface area contributed by atoms with Crippen molar-refractivity contribution in [2.45, 2.75) is 19.1 Å². The van der Waals surface area contributed by atoms with Gasteiger partial charge < -0.3 is 0 Å². The van der Waals surface area contributed by atoms with Crippen molar-refractivity contribution in [1.29, 1.82) is 0 Å². The zero-order valence-corrected chi connectivity index (χ0v) is 9.96. The molecule has 0 aliphatic carbocycles. The van der Waals surface area contributed by atoms with E-state index in [1.54, 1.807) is 0 Å². The van der Waals surface area contributed by atoms with Gasteiger partial charge in [-0.05, 0) is 24.1 Å². The molecule has 0 bridgehead atoms. The third-order valence-corrected chi connectivity index (χ3v) is 4.26. The standard InChI is InChI=1S/C12H14S2/c1-3-9-13-14-10-12-7-5-11(4-2)6-8-12/h2,5-8H,3,9-10H2,1H3. The molecular formula is C12H14S2. The minimum Gasteiger partial charge on any atom is -0.115 e. The Bertz CT molecular complexity index is 295. The fraction of sp³-hybridized carbons (Fsp3) is 0.333. The average Bonchev–Trinajstić information content (AvgIpc) is 2.25. The lowest BCUT2D eigenvalue weighted by Crippen LogP contribution is -1.80. The van der Waals surface area contributed by atoms with Crippen LogP contribution in [0.4, 0.5) is 0 Å². The predicted molar refractivity (Wildman–Crippen MR) is 68.4 cm³/mol. The molecule has 0 saturated carbocycles. The zero-order chi connectivity index (χ0) is 10.2. The number of terminal acetylenes is 1. The smallest absolute Gasteiger partial charge is 0.0288 e. The average molecular weight is 222 g/mol. The van der Waals surface area contributed by atoms with Crippen LogP contribution in [-0.2, 0) is 5.75 Å². The first-order chi connectivity index (χ1) is 6.86. The highest BCUT2D eigenvalue weighted by molar-refractivity contribution is 8.76. The molecule has 1 aromatic carbocycles. The molecule has 1 rings (SSSR count). The van der Waals surface area contributed by atoms with E-state index in [1.165, 1.54) is 17.7 Å². The molecule has 0 aliphatic heterocycles. The van der Waals surface area contributed by atoms with E-state index in [9.17, 15) is 0 Å². The Kier molecular flexibility index (Phi) is 5.66. The summed E-state index contributed by atoms with van der Waals surface area (Å²) >= 11 is 0. The number of rotatable bonds is 5.